The van der Waals surface area contributed by atoms with Crippen LogP contribution in [0.15, 0.2) is 0 Å². The second-order valence-electron chi connectivity index (χ2n) is 20.7. The van der Waals surface area contributed by atoms with Crippen LogP contribution in [0.1, 0.15) is 290 Å². The zero-order valence-corrected chi connectivity index (χ0v) is 44.7. The van der Waals surface area contributed by atoms with E-state index in [2.05, 4.69) is 13.8 Å². The number of rotatable bonds is 54. The first-order valence-electron chi connectivity index (χ1n) is 28.3. The molecule has 64 heavy (non-hydrogen) atoms. The number of carbonyl (C=O) groups is 1. The number of phosphoric ester groups is 1. The Balaban J connectivity index is 3.98. The maximum Gasteiger partial charge on any atom is 0.306 e. The van der Waals surface area contributed by atoms with Gasteiger partial charge < -0.3 is 27.9 Å². The van der Waals surface area contributed by atoms with E-state index in [4.69, 9.17) is 18.5 Å². The summed E-state index contributed by atoms with van der Waals surface area (Å²) < 4.78 is 34.8. The smallest absolute Gasteiger partial charge is 0.306 e. The van der Waals surface area contributed by atoms with Crippen molar-refractivity contribution in [1.29, 1.82) is 0 Å². The molecule has 0 rings (SSSR count). The number of phosphoric acid groups is 1. The van der Waals surface area contributed by atoms with Crippen molar-refractivity contribution in [1.82, 2.24) is 0 Å². The van der Waals surface area contributed by atoms with Crippen molar-refractivity contribution in [2.24, 2.45) is 0 Å². The van der Waals surface area contributed by atoms with Crippen LogP contribution in [0.3, 0.4) is 0 Å². The Morgan fingerprint density at radius 3 is 1.03 bits per heavy atom. The van der Waals surface area contributed by atoms with Crippen LogP contribution in [0.4, 0.5) is 0 Å². The lowest BCUT2D eigenvalue weighted by Crippen LogP contribution is -2.37. The summed E-state index contributed by atoms with van der Waals surface area (Å²) >= 11 is 0. The molecule has 9 heteroatoms. The SMILES string of the molecule is CCCCCCCCCCCCCCCCCCCCCCCCCCCCC(=O)O[C@H](COCCCCCCCCCCCCCCCCCC)COP(=O)([O-])OCC[N+](C)(C)C. The Hall–Kier alpha value is -0.500. The first-order chi connectivity index (χ1) is 31.1. The van der Waals surface area contributed by atoms with Crippen LogP contribution in [0.2, 0.25) is 0 Å². The molecular formula is C55H112NO7P. The zero-order valence-electron chi connectivity index (χ0n) is 43.8. The number of likely N-dealkylation sites (N-methyl/N-ethyl adjacent to an activating group) is 1. The molecule has 0 saturated carbocycles. The molecule has 384 valence electrons. The van der Waals surface area contributed by atoms with E-state index in [0.717, 1.165) is 32.1 Å². The normalized spacial score (nSPS) is 13.4. The van der Waals surface area contributed by atoms with Crippen LogP contribution in [-0.2, 0) is 27.9 Å². The van der Waals surface area contributed by atoms with Crippen LogP contribution in [0.5, 0.6) is 0 Å². The molecule has 2 atom stereocenters. The van der Waals surface area contributed by atoms with Crippen molar-refractivity contribution in [3.05, 3.63) is 0 Å². The second-order valence-corrected chi connectivity index (χ2v) is 22.1. The molecule has 0 aromatic rings. The Morgan fingerprint density at radius 1 is 0.422 bits per heavy atom. The molecule has 0 bridgehead atoms. The summed E-state index contributed by atoms with van der Waals surface area (Å²) in [7, 11) is 1.38. The lowest BCUT2D eigenvalue weighted by atomic mass is 10.0. The average molecular weight is 930 g/mol. The Morgan fingerprint density at radius 2 is 0.719 bits per heavy atom. The predicted octanol–water partition coefficient (Wildman–Crippen LogP) is 16.9. The van der Waals surface area contributed by atoms with Crippen LogP contribution in [0.25, 0.3) is 0 Å². The topological polar surface area (TPSA) is 94.1 Å². The highest BCUT2D eigenvalue weighted by atomic mass is 31.2. The zero-order chi connectivity index (χ0) is 46.9. The number of hydrogen-bond acceptors (Lipinski definition) is 7. The average Bonchev–Trinajstić information content (AvgIpc) is 3.25. The molecule has 0 aliphatic carbocycles. The van der Waals surface area contributed by atoms with Gasteiger partial charge in [0.25, 0.3) is 7.82 Å². The van der Waals surface area contributed by atoms with Crippen LogP contribution >= 0.6 is 7.82 Å². The van der Waals surface area contributed by atoms with Gasteiger partial charge in [0.15, 0.2) is 0 Å². The minimum absolute atomic E-state index is 0.0318. The van der Waals surface area contributed by atoms with Gasteiger partial charge in [0.05, 0.1) is 34.4 Å². The Kier molecular flexibility index (Phi) is 48.6. The fourth-order valence-corrected chi connectivity index (χ4v) is 9.28. The molecule has 0 amide bonds. The third kappa shape index (κ3) is 52.5. The number of hydrogen-bond donors (Lipinski definition) is 0. The number of ether oxygens (including phenoxy) is 2. The molecule has 0 N–H and O–H groups in total. The summed E-state index contributed by atoms with van der Waals surface area (Å²) in [6.45, 7) is 5.50. The van der Waals surface area contributed by atoms with E-state index in [9.17, 15) is 14.3 Å². The van der Waals surface area contributed by atoms with Crippen molar-refractivity contribution < 1.29 is 37.3 Å². The van der Waals surface area contributed by atoms with Gasteiger partial charge in [-0.05, 0) is 12.8 Å². The molecule has 8 nitrogen and oxygen atoms in total. The summed E-state index contributed by atoms with van der Waals surface area (Å²) in [5.74, 6) is -0.323. The van der Waals surface area contributed by atoms with Crippen molar-refractivity contribution in [3.63, 3.8) is 0 Å². The van der Waals surface area contributed by atoms with E-state index in [-0.39, 0.29) is 25.8 Å². The van der Waals surface area contributed by atoms with E-state index in [1.807, 2.05) is 21.1 Å². The molecular weight excluding hydrogens is 818 g/mol. The highest BCUT2D eigenvalue weighted by Crippen LogP contribution is 2.38. The first kappa shape index (κ1) is 63.5. The molecule has 0 fully saturated rings. The van der Waals surface area contributed by atoms with Gasteiger partial charge in [0.2, 0.25) is 0 Å². The number of unbranched alkanes of at least 4 members (excludes halogenated alkanes) is 40. The summed E-state index contributed by atoms with van der Waals surface area (Å²) in [5, 5.41) is 0. The Labute approximate surface area is 399 Å². The standard InChI is InChI=1S/C55H112NO7P/c1-6-8-10-12-14-16-18-20-22-24-25-26-27-28-29-30-31-32-33-34-36-38-40-42-44-46-48-55(57)63-54(53-62-64(58,59)61-51-49-56(3,4)5)52-60-50-47-45-43-41-39-37-35-23-21-19-17-15-13-11-9-7-2/h54H,6-53H2,1-5H3/t54-/m1/s1. The third-order valence-corrected chi connectivity index (χ3v) is 13.9. The molecule has 0 heterocycles. The van der Waals surface area contributed by atoms with Crippen molar-refractivity contribution in [3.8, 4) is 0 Å². The highest BCUT2D eigenvalue weighted by molar-refractivity contribution is 7.45. The fourth-order valence-electron chi connectivity index (χ4n) is 8.55. The summed E-state index contributed by atoms with van der Waals surface area (Å²) in [5.41, 5.74) is 0. The van der Waals surface area contributed by atoms with Crippen molar-refractivity contribution in [2.75, 3.05) is 54.1 Å². The van der Waals surface area contributed by atoms with Gasteiger partial charge in [-0.1, -0.05) is 271 Å². The maximum absolute atomic E-state index is 12.8. The largest absolute Gasteiger partial charge is 0.756 e. The summed E-state index contributed by atoms with van der Waals surface area (Å²) in [6, 6.07) is 0. The number of esters is 1. The highest BCUT2D eigenvalue weighted by Gasteiger charge is 2.20. The van der Waals surface area contributed by atoms with Crippen molar-refractivity contribution in [2.45, 2.75) is 296 Å². The quantitative estimate of drug-likeness (QED) is 0.0259. The van der Waals surface area contributed by atoms with E-state index < -0.39 is 13.9 Å². The van der Waals surface area contributed by atoms with Crippen LogP contribution < -0.4 is 4.89 Å². The molecule has 0 spiro atoms. The van der Waals surface area contributed by atoms with Gasteiger partial charge in [-0.15, -0.1) is 0 Å². The second kappa shape index (κ2) is 48.9. The molecule has 0 radical (unpaired) electrons. The lowest BCUT2D eigenvalue weighted by Gasteiger charge is -2.28. The minimum Gasteiger partial charge on any atom is -0.756 e. The van der Waals surface area contributed by atoms with E-state index in [1.54, 1.807) is 0 Å². The third-order valence-electron chi connectivity index (χ3n) is 12.9. The van der Waals surface area contributed by atoms with E-state index >= 15 is 0 Å². The maximum atomic E-state index is 12.8. The Bertz CT molecular complexity index is 992. The van der Waals surface area contributed by atoms with Gasteiger partial charge >= 0.3 is 5.97 Å². The fraction of sp³-hybridized carbons (Fsp3) is 0.982. The van der Waals surface area contributed by atoms with Crippen molar-refractivity contribution >= 4 is 13.8 Å². The van der Waals surface area contributed by atoms with Crippen LogP contribution in [0, 0.1) is 0 Å². The van der Waals surface area contributed by atoms with E-state index in [1.165, 1.54) is 238 Å². The van der Waals surface area contributed by atoms with Gasteiger partial charge in [-0.2, -0.15) is 0 Å². The first-order valence-corrected chi connectivity index (χ1v) is 29.7. The predicted molar refractivity (Wildman–Crippen MR) is 273 cm³/mol. The number of carbonyl (C=O) groups excluding carboxylic acids is 1. The number of quaternary nitrogens is 1. The number of nitrogens with zero attached hydrogens (tertiary/aromatic N) is 1. The van der Waals surface area contributed by atoms with Gasteiger partial charge in [0.1, 0.15) is 19.3 Å². The van der Waals surface area contributed by atoms with Gasteiger partial charge in [-0.25, -0.2) is 0 Å². The molecule has 0 aliphatic rings. The van der Waals surface area contributed by atoms with Gasteiger partial charge in [0, 0.05) is 13.0 Å². The monoisotopic (exact) mass is 930 g/mol. The molecule has 1 unspecified atom stereocenters. The van der Waals surface area contributed by atoms with E-state index in [0.29, 0.717) is 24.1 Å². The molecule has 0 aromatic carbocycles. The molecule has 0 aliphatic heterocycles. The molecule has 0 saturated heterocycles. The van der Waals surface area contributed by atoms with Crippen LogP contribution in [-0.4, -0.2) is 70.7 Å². The lowest BCUT2D eigenvalue weighted by molar-refractivity contribution is -0.870. The summed E-state index contributed by atoms with van der Waals surface area (Å²) in [4.78, 5) is 25.2. The molecule has 0 aromatic heterocycles. The van der Waals surface area contributed by atoms with Gasteiger partial charge in [-0.3, -0.25) is 9.36 Å². The minimum atomic E-state index is -4.52. The summed E-state index contributed by atoms with van der Waals surface area (Å²) in [6.07, 6.45) is 55.7.